The summed E-state index contributed by atoms with van der Waals surface area (Å²) in [5, 5.41) is 4.43. The molecule has 3 rings (SSSR count). The van der Waals surface area contributed by atoms with E-state index in [1.54, 1.807) is 0 Å². The monoisotopic (exact) mass is 328 g/mol. The van der Waals surface area contributed by atoms with Crippen LogP contribution in [0.5, 0.6) is 0 Å². The Kier molecular flexibility index (Phi) is 3.83. The quantitative estimate of drug-likeness (QED) is 0.906. The maximum Gasteiger partial charge on any atom is 0.0568 e. The second kappa shape index (κ2) is 5.40. The number of benzene rings is 1. The van der Waals surface area contributed by atoms with Gasteiger partial charge in [0.15, 0.2) is 0 Å². The molecular formula is C14H18BrClN2. The number of nitrogens with one attached hydrogen (secondary N) is 1. The Bertz CT molecular complexity index is 434. The van der Waals surface area contributed by atoms with Crippen LogP contribution >= 0.6 is 27.5 Å². The van der Waals surface area contributed by atoms with Crippen molar-refractivity contribution < 1.29 is 0 Å². The number of halogens is 2. The molecule has 1 atom stereocenters. The highest BCUT2D eigenvalue weighted by atomic mass is 79.9. The van der Waals surface area contributed by atoms with Gasteiger partial charge in [0, 0.05) is 29.3 Å². The van der Waals surface area contributed by atoms with Crippen molar-refractivity contribution in [2.24, 2.45) is 5.92 Å². The van der Waals surface area contributed by atoms with Gasteiger partial charge < -0.3 is 10.2 Å². The average Bonchev–Trinajstić information content (AvgIpc) is 3.08. The molecule has 0 bridgehead atoms. The molecule has 98 valence electrons. The fourth-order valence-electron chi connectivity index (χ4n) is 2.54. The molecule has 1 unspecified atom stereocenters. The summed E-state index contributed by atoms with van der Waals surface area (Å²) >= 11 is 9.59. The van der Waals surface area contributed by atoms with Crippen molar-refractivity contribution in [3.63, 3.8) is 0 Å². The van der Waals surface area contributed by atoms with Crippen molar-refractivity contribution >= 4 is 33.2 Å². The lowest BCUT2D eigenvalue weighted by atomic mass is 10.1. The highest BCUT2D eigenvalue weighted by Crippen LogP contribution is 2.30. The summed E-state index contributed by atoms with van der Waals surface area (Å²) in [5.74, 6) is 0.785. The van der Waals surface area contributed by atoms with Gasteiger partial charge in [0.25, 0.3) is 0 Å². The number of hydrogen-bond acceptors (Lipinski definition) is 2. The standard InChI is InChI=1S/C14H18BrClN2/c15-13-4-3-12(7-14(13)16)18-6-5-10(9-18)8-17-11-1-2-11/h3-4,7,10-11,17H,1-2,5-6,8-9H2. The van der Waals surface area contributed by atoms with Gasteiger partial charge in [-0.1, -0.05) is 11.6 Å². The molecule has 0 amide bonds. The minimum Gasteiger partial charge on any atom is -0.371 e. The Morgan fingerprint density at radius 1 is 1.33 bits per heavy atom. The molecule has 1 aliphatic carbocycles. The molecule has 4 heteroatoms. The van der Waals surface area contributed by atoms with Gasteiger partial charge in [-0.3, -0.25) is 0 Å². The summed E-state index contributed by atoms with van der Waals surface area (Å²) in [6, 6.07) is 7.06. The first-order valence-electron chi connectivity index (χ1n) is 6.66. The minimum absolute atomic E-state index is 0.785. The van der Waals surface area contributed by atoms with Gasteiger partial charge in [-0.25, -0.2) is 0 Å². The third kappa shape index (κ3) is 3.01. The Hall–Kier alpha value is -0.250. The minimum atomic E-state index is 0.785. The van der Waals surface area contributed by atoms with E-state index in [2.05, 4.69) is 38.3 Å². The van der Waals surface area contributed by atoms with E-state index in [0.29, 0.717) is 0 Å². The Labute approximate surface area is 122 Å². The predicted octanol–water partition coefficient (Wildman–Crippen LogP) is 3.68. The van der Waals surface area contributed by atoms with Gasteiger partial charge >= 0.3 is 0 Å². The van der Waals surface area contributed by atoms with E-state index in [1.807, 2.05) is 6.07 Å². The number of hydrogen-bond donors (Lipinski definition) is 1. The van der Waals surface area contributed by atoms with Crippen molar-refractivity contribution in [2.75, 3.05) is 24.5 Å². The second-order valence-electron chi connectivity index (χ2n) is 5.38. The zero-order chi connectivity index (χ0) is 12.5. The van der Waals surface area contributed by atoms with E-state index in [0.717, 1.165) is 34.5 Å². The van der Waals surface area contributed by atoms with E-state index in [-0.39, 0.29) is 0 Å². The first-order chi connectivity index (χ1) is 8.72. The van der Waals surface area contributed by atoms with Gasteiger partial charge in [0.05, 0.1) is 5.02 Å². The third-order valence-corrected chi connectivity index (χ3v) is 5.06. The first-order valence-corrected chi connectivity index (χ1v) is 7.83. The lowest BCUT2D eigenvalue weighted by Crippen LogP contribution is -2.27. The second-order valence-corrected chi connectivity index (χ2v) is 6.64. The Morgan fingerprint density at radius 2 is 2.17 bits per heavy atom. The summed E-state index contributed by atoms with van der Waals surface area (Å²) < 4.78 is 0.971. The molecule has 0 spiro atoms. The van der Waals surface area contributed by atoms with Gasteiger partial charge in [-0.05, 0) is 65.9 Å². The molecule has 1 N–H and O–H groups in total. The summed E-state index contributed by atoms with van der Waals surface area (Å²) in [7, 11) is 0. The molecule has 2 aliphatic rings. The fourth-order valence-corrected chi connectivity index (χ4v) is 2.96. The maximum absolute atomic E-state index is 6.15. The van der Waals surface area contributed by atoms with Crippen LogP contribution in [0.4, 0.5) is 5.69 Å². The zero-order valence-electron chi connectivity index (χ0n) is 10.3. The van der Waals surface area contributed by atoms with E-state index < -0.39 is 0 Å². The molecular weight excluding hydrogens is 312 g/mol. The van der Waals surface area contributed by atoms with Crippen LogP contribution in [0.1, 0.15) is 19.3 Å². The topological polar surface area (TPSA) is 15.3 Å². The van der Waals surface area contributed by atoms with Crippen LogP contribution in [0.15, 0.2) is 22.7 Å². The van der Waals surface area contributed by atoms with Crippen molar-refractivity contribution in [3.8, 4) is 0 Å². The predicted molar refractivity (Wildman–Crippen MR) is 80.5 cm³/mol. The van der Waals surface area contributed by atoms with Crippen LogP contribution in [-0.2, 0) is 0 Å². The lowest BCUT2D eigenvalue weighted by molar-refractivity contribution is 0.515. The molecule has 1 aromatic carbocycles. The van der Waals surface area contributed by atoms with Gasteiger partial charge in [0.2, 0.25) is 0 Å². The number of nitrogens with zero attached hydrogens (tertiary/aromatic N) is 1. The zero-order valence-corrected chi connectivity index (χ0v) is 12.7. The Balaban J connectivity index is 1.58. The highest BCUT2D eigenvalue weighted by Gasteiger charge is 2.26. The summed E-state index contributed by atoms with van der Waals surface area (Å²) in [6.45, 7) is 3.47. The molecule has 1 saturated heterocycles. The molecule has 1 heterocycles. The van der Waals surface area contributed by atoms with E-state index in [4.69, 9.17) is 11.6 Å². The summed E-state index contributed by atoms with van der Waals surface area (Å²) in [5.41, 5.74) is 1.25. The van der Waals surface area contributed by atoms with E-state index >= 15 is 0 Å². The average molecular weight is 330 g/mol. The molecule has 0 aromatic heterocycles. The lowest BCUT2D eigenvalue weighted by Gasteiger charge is -2.19. The number of rotatable bonds is 4. The van der Waals surface area contributed by atoms with E-state index in [9.17, 15) is 0 Å². The van der Waals surface area contributed by atoms with Crippen LogP contribution < -0.4 is 10.2 Å². The summed E-state index contributed by atoms with van der Waals surface area (Å²) in [4.78, 5) is 2.44. The number of anilines is 1. The maximum atomic E-state index is 6.15. The fraction of sp³-hybridized carbons (Fsp3) is 0.571. The van der Waals surface area contributed by atoms with Crippen molar-refractivity contribution in [1.29, 1.82) is 0 Å². The highest BCUT2D eigenvalue weighted by molar-refractivity contribution is 9.10. The van der Waals surface area contributed by atoms with Crippen LogP contribution in [0.2, 0.25) is 5.02 Å². The molecule has 1 aromatic rings. The first kappa shape index (κ1) is 12.8. The molecule has 1 saturated carbocycles. The molecule has 2 nitrogen and oxygen atoms in total. The van der Waals surface area contributed by atoms with E-state index in [1.165, 1.54) is 31.5 Å². The smallest absolute Gasteiger partial charge is 0.0568 e. The molecule has 1 aliphatic heterocycles. The van der Waals surface area contributed by atoms with Crippen LogP contribution in [0.3, 0.4) is 0 Å². The van der Waals surface area contributed by atoms with Crippen molar-refractivity contribution in [1.82, 2.24) is 5.32 Å². The van der Waals surface area contributed by atoms with Crippen molar-refractivity contribution in [3.05, 3.63) is 27.7 Å². The van der Waals surface area contributed by atoms with Gasteiger partial charge in [-0.2, -0.15) is 0 Å². The SMILES string of the molecule is Clc1cc(N2CCC(CNC3CC3)C2)ccc1Br. The Morgan fingerprint density at radius 3 is 2.89 bits per heavy atom. The van der Waals surface area contributed by atoms with Crippen LogP contribution in [0, 0.1) is 5.92 Å². The third-order valence-electron chi connectivity index (χ3n) is 3.83. The molecule has 0 radical (unpaired) electrons. The van der Waals surface area contributed by atoms with Crippen molar-refractivity contribution in [2.45, 2.75) is 25.3 Å². The molecule has 2 fully saturated rings. The van der Waals surface area contributed by atoms with Gasteiger partial charge in [0.1, 0.15) is 0 Å². The van der Waals surface area contributed by atoms with Crippen LogP contribution in [0.25, 0.3) is 0 Å². The summed E-state index contributed by atoms with van der Waals surface area (Å²) in [6.07, 6.45) is 4.03. The largest absolute Gasteiger partial charge is 0.371 e. The normalized spacial score (nSPS) is 23.7. The van der Waals surface area contributed by atoms with Gasteiger partial charge in [-0.15, -0.1) is 0 Å². The molecule has 18 heavy (non-hydrogen) atoms. The van der Waals surface area contributed by atoms with Crippen LogP contribution in [-0.4, -0.2) is 25.7 Å².